The number of nitrogens with zero attached hydrogens (tertiary/aromatic N) is 2. The molecule has 4 amide bonds. The molecule has 0 bridgehead atoms. The molecular formula is C28H27N3O5. The Labute approximate surface area is 209 Å². The van der Waals surface area contributed by atoms with Gasteiger partial charge in [0.2, 0.25) is 5.91 Å². The van der Waals surface area contributed by atoms with Gasteiger partial charge in [-0.25, -0.2) is 4.79 Å². The van der Waals surface area contributed by atoms with Gasteiger partial charge in [0.15, 0.2) is 17.0 Å². The summed E-state index contributed by atoms with van der Waals surface area (Å²) in [7, 11) is 0. The fourth-order valence-electron chi connectivity index (χ4n) is 4.67. The second-order valence-corrected chi connectivity index (χ2v) is 8.69. The molecule has 0 spiro atoms. The highest BCUT2D eigenvalue weighted by atomic mass is 16.6. The van der Waals surface area contributed by atoms with E-state index in [4.69, 9.17) is 9.47 Å². The van der Waals surface area contributed by atoms with Crippen LogP contribution in [0.1, 0.15) is 23.6 Å². The quantitative estimate of drug-likeness (QED) is 0.519. The number of nitrogens with one attached hydrogen (secondary N) is 1. The maximum atomic E-state index is 13.8. The Bertz CT molecular complexity index is 1240. The van der Waals surface area contributed by atoms with Crippen molar-refractivity contribution >= 4 is 17.8 Å². The van der Waals surface area contributed by atoms with E-state index in [1.54, 1.807) is 29.2 Å². The SMILES string of the molecule is CCN(Cc1ccc2c(c1)OCCO2)C(=O)CN1C(=O)NC(c2ccccc2)(c2ccccc2)C1=O. The lowest BCUT2D eigenvalue weighted by Crippen LogP contribution is -2.46. The molecule has 0 aromatic heterocycles. The smallest absolute Gasteiger partial charge is 0.326 e. The summed E-state index contributed by atoms with van der Waals surface area (Å²) in [5, 5.41) is 2.88. The van der Waals surface area contributed by atoms with Gasteiger partial charge in [-0.1, -0.05) is 66.7 Å². The summed E-state index contributed by atoms with van der Waals surface area (Å²) in [5.74, 6) is 0.519. The van der Waals surface area contributed by atoms with E-state index in [2.05, 4.69) is 5.32 Å². The summed E-state index contributed by atoms with van der Waals surface area (Å²) < 4.78 is 11.2. The number of carbonyl (C=O) groups excluding carboxylic acids is 3. The minimum absolute atomic E-state index is 0.318. The van der Waals surface area contributed by atoms with E-state index in [0.717, 1.165) is 10.5 Å². The molecule has 8 heteroatoms. The molecule has 0 atom stereocenters. The van der Waals surface area contributed by atoms with Crippen molar-refractivity contribution in [2.24, 2.45) is 0 Å². The van der Waals surface area contributed by atoms with Gasteiger partial charge in [-0.05, 0) is 35.7 Å². The highest BCUT2D eigenvalue weighted by Crippen LogP contribution is 2.36. The Morgan fingerprint density at radius 1 is 0.917 bits per heavy atom. The Kier molecular flexibility index (Phi) is 6.33. The zero-order valence-corrected chi connectivity index (χ0v) is 20.0. The number of hydrogen-bond donors (Lipinski definition) is 1. The van der Waals surface area contributed by atoms with Crippen LogP contribution in [-0.4, -0.2) is 53.9 Å². The van der Waals surface area contributed by atoms with Crippen molar-refractivity contribution in [3.63, 3.8) is 0 Å². The fourth-order valence-corrected chi connectivity index (χ4v) is 4.67. The highest BCUT2D eigenvalue weighted by Gasteiger charge is 2.54. The fraction of sp³-hybridized carbons (Fsp3) is 0.250. The van der Waals surface area contributed by atoms with Crippen molar-refractivity contribution in [1.82, 2.24) is 15.1 Å². The van der Waals surface area contributed by atoms with Crippen molar-refractivity contribution in [3.8, 4) is 11.5 Å². The summed E-state index contributed by atoms with van der Waals surface area (Å²) in [6.07, 6.45) is 0. The predicted octanol–water partition coefficient (Wildman–Crippen LogP) is 3.30. The highest BCUT2D eigenvalue weighted by molar-refractivity contribution is 6.11. The lowest BCUT2D eigenvalue weighted by molar-refractivity contribution is -0.138. The Morgan fingerprint density at radius 2 is 1.53 bits per heavy atom. The zero-order chi connectivity index (χ0) is 25.1. The van der Waals surface area contributed by atoms with Crippen LogP contribution in [0.15, 0.2) is 78.9 Å². The maximum Gasteiger partial charge on any atom is 0.326 e. The van der Waals surface area contributed by atoms with Crippen molar-refractivity contribution in [2.75, 3.05) is 26.3 Å². The summed E-state index contributed by atoms with van der Waals surface area (Å²) >= 11 is 0. The van der Waals surface area contributed by atoms with Gasteiger partial charge in [-0.3, -0.25) is 14.5 Å². The van der Waals surface area contributed by atoms with E-state index in [-0.39, 0.29) is 12.5 Å². The number of hydrogen-bond acceptors (Lipinski definition) is 5. The largest absolute Gasteiger partial charge is 0.486 e. The second kappa shape index (κ2) is 9.73. The number of imide groups is 1. The summed E-state index contributed by atoms with van der Waals surface area (Å²) in [6.45, 7) is 3.22. The Morgan fingerprint density at radius 3 is 2.14 bits per heavy atom. The molecule has 3 aromatic rings. The minimum atomic E-state index is -1.40. The Hall–Kier alpha value is -4.33. The standard InChI is InChI=1S/C28H27N3O5/c1-2-30(18-20-13-14-23-24(17-20)36-16-15-35-23)25(32)19-31-26(33)28(29-27(31)34,21-9-5-3-6-10-21)22-11-7-4-8-12-22/h3-14,17H,2,15-16,18-19H2,1H3,(H,29,34). The van der Waals surface area contributed by atoms with Crippen molar-refractivity contribution in [2.45, 2.75) is 19.0 Å². The van der Waals surface area contributed by atoms with Crippen LogP contribution in [0.2, 0.25) is 0 Å². The van der Waals surface area contributed by atoms with Crippen LogP contribution >= 0.6 is 0 Å². The number of amides is 4. The number of ether oxygens (including phenoxy) is 2. The number of urea groups is 1. The third-order valence-electron chi connectivity index (χ3n) is 6.53. The van der Waals surface area contributed by atoms with Gasteiger partial charge in [0.25, 0.3) is 5.91 Å². The summed E-state index contributed by atoms with van der Waals surface area (Å²) in [5.41, 5.74) is 0.739. The third-order valence-corrected chi connectivity index (χ3v) is 6.53. The van der Waals surface area contributed by atoms with Crippen LogP contribution in [0.5, 0.6) is 11.5 Å². The lowest BCUT2D eigenvalue weighted by Gasteiger charge is -2.28. The molecule has 0 saturated carbocycles. The molecule has 5 rings (SSSR count). The van der Waals surface area contributed by atoms with Gasteiger partial charge in [0, 0.05) is 13.1 Å². The molecular weight excluding hydrogens is 458 g/mol. The van der Waals surface area contributed by atoms with E-state index >= 15 is 0 Å². The van der Waals surface area contributed by atoms with Crippen molar-refractivity contribution in [1.29, 1.82) is 0 Å². The molecule has 0 unspecified atom stereocenters. The molecule has 2 heterocycles. The molecule has 1 saturated heterocycles. The first-order valence-electron chi connectivity index (χ1n) is 11.9. The van der Waals surface area contributed by atoms with Gasteiger partial charge in [0.1, 0.15) is 19.8 Å². The van der Waals surface area contributed by atoms with E-state index in [9.17, 15) is 14.4 Å². The molecule has 1 N–H and O–H groups in total. The molecule has 2 aliphatic rings. The van der Waals surface area contributed by atoms with Gasteiger partial charge in [-0.2, -0.15) is 0 Å². The van der Waals surface area contributed by atoms with Crippen LogP contribution in [0.25, 0.3) is 0 Å². The molecule has 3 aromatic carbocycles. The first-order valence-corrected chi connectivity index (χ1v) is 11.9. The molecule has 1 fully saturated rings. The van der Waals surface area contributed by atoms with Crippen molar-refractivity contribution < 1.29 is 23.9 Å². The molecule has 0 aliphatic carbocycles. The van der Waals surface area contributed by atoms with E-state index < -0.39 is 17.5 Å². The van der Waals surface area contributed by atoms with Crippen LogP contribution < -0.4 is 14.8 Å². The Balaban J connectivity index is 1.38. The van der Waals surface area contributed by atoms with Crippen LogP contribution in [0, 0.1) is 0 Å². The number of carbonyl (C=O) groups is 3. The second-order valence-electron chi connectivity index (χ2n) is 8.69. The first-order chi connectivity index (χ1) is 17.5. The topological polar surface area (TPSA) is 88.2 Å². The first kappa shape index (κ1) is 23.4. The van der Waals surface area contributed by atoms with E-state index in [1.165, 1.54) is 0 Å². The minimum Gasteiger partial charge on any atom is -0.486 e. The maximum absolute atomic E-state index is 13.8. The van der Waals surface area contributed by atoms with Crippen molar-refractivity contribution in [3.05, 3.63) is 95.6 Å². The van der Waals surface area contributed by atoms with E-state index in [1.807, 2.05) is 61.5 Å². The average Bonchev–Trinajstić information content (AvgIpc) is 3.18. The summed E-state index contributed by atoms with van der Waals surface area (Å²) in [6, 6.07) is 23.1. The normalized spacial score (nSPS) is 16.0. The van der Waals surface area contributed by atoms with Gasteiger partial charge < -0.3 is 19.7 Å². The molecule has 2 aliphatic heterocycles. The molecule has 8 nitrogen and oxygen atoms in total. The van der Waals surface area contributed by atoms with Crippen LogP contribution in [-0.2, 0) is 21.7 Å². The molecule has 184 valence electrons. The number of rotatable bonds is 7. The summed E-state index contributed by atoms with van der Waals surface area (Å²) in [4.78, 5) is 42.9. The monoisotopic (exact) mass is 485 g/mol. The predicted molar refractivity (Wildman–Crippen MR) is 132 cm³/mol. The van der Waals surface area contributed by atoms with Crippen LogP contribution in [0.4, 0.5) is 4.79 Å². The third kappa shape index (κ3) is 4.15. The lowest BCUT2D eigenvalue weighted by atomic mass is 9.82. The molecule has 36 heavy (non-hydrogen) atoms. The number of benzene rings is 3. The molecule has 0 radical (unpaired) electrons. The number of fused-ring (bicyclic) bond motifs is 1. The average molecular weight is 486 g/mol. The van der Waals surface area contributed by atoms with E-state index in [0.29, 0.717) is 48.9 Å². The van der Waals surface area contributed by atoms with Gasteiger partial charge >= 0.3 is 6.03 Å². The van der Waals surface area contributed by atoms with Gasteiger partial charge in [0.05, 0.1) is 0 Å². The van der Waals surface area contributed by atoms with Gasteiger partial charge in [-0.15, -0.1) is 0 Å². The number of likely N-dealkylation sites (N-methyl/N-ethyl adjacent to an activating group) is 1. The van der Waals surface area contributed by atoms with Crippen LogP contribution in [0.3, 0.4) is 0 Å². The zero-order valence-electron chi connectivity index (χ0n) is 20.0.